The van der Waals surface area contributed by atoms with Crippen LogP contribution in [-0.2, 0) is 4.74 Å². The Balaban J connectivity index is 1.61. The molecule has 2 aromatic rings. The Hall–Kier alpha value is -1.76. The fourth-order valence-electron chi connectivity index (χ4n) is 5.12. The quantitative estimate of drug-likeness (QED) is 0.553. The van der Waals surface area contributed by atoms with E-state index in [0.29, 0.717) is 41.2 Å². The van der Waals surface area contributed by atoms with Crippen molar-refractivity contribution in [2.75, 3.05) is 26.2 Å². The average Bonchev–Trinajstić information content (AvgIpc) is 3.11. The van der Waals surface area contributed by atoms with Crippen LogP contribution in [0.3, 0.4) is 0 Å². The van der Waals surface area contributed by atoms with Gasteiger partial charge in [0.2, 0.25) is 0 Å². The van der Waals surface area contributed by atoms with Gasteiger partial charge in [0.1, 0.15) is 17.4 Å². The molecule has 0 N–H and O–H groups in total. The molecule has 0 bridgehead atoms. The Morgan fingerprint density at radius 3 is 2.30 bits per heavy atom. The fourth-order valence-corrected chi connectivity index (χ4v) is 5.32. The van der Waals surface area contributed by atoms with Crippen molar-refractivity contribution in [1.82, 2.24) is 9.80 Å². The number of furan rings is 1. The highest BCUT2D eigenvalue weighted by molar-refractivity contribution is 6.33. The van der Waals surface area contributed by atoms with E-state index in [2.05, 4.69) is 32.6 Å². The summed E-state index contributed by atoms with van der Waals surface area (Å²) >= 11 is 6.67. The van der Waals surface area contributed by atoms with E-state index in [9.17, 15) is 4.79 Å². The van der Waals surface area contributed by atoms with Gasteiger partial charge < -0.3 is 23.7 Å². The van der Waals surface area contributed by atoms with Gasteiger partial charge in [-0.2, -0.15) is 0 Å². The SMILES string of the molecule is CC(C)c1c(C(=O)N2C[C@@H](C)O[C@@H](C)C2)oc2cc(OC3CCN(C(C)C)CC3)c(Cl)cc12. The van der Waals surface area contributed by atoms with Crippen molar-refractivity contribution in [3.63, 3.8) is 0 Å². The van der Waals surface area contributed by atoms with E-state index in [1.165, 1.54) is 0 Å². The first-order valence-electron chi connectivity index (χ1n) is 12.2. The number of ether oxygens (including phenoxy) is 2. The monoisotopic (exact) mass is 476 g/mol. The number of piperidine rings is 1. The lowest BCUT2D eigenvalue weighted by Gasteiger charge is -2.35. The van der Waals surface area contributed by atoms with E-state index in [1.807, 2.05) is 30.9 Å². The molecule has 0 saturated carbocycles. The van der Waals surface area contributed by atoms with Crippen molar-refractivity contribution in [3.8, 4) is 5.75 Å². The van der Waals surface area contributed by atoms with Gasteiger partial charge in [-0.05, 0) is 52.5 Å². The van der Waals surface area contributed by atoms with Crippen molar-refractivity contribution < 1.29 is 18.7 Å². The summed E-state index contributed by atoms with van der Waals surface area (Å²) in [4.78, 5) is 17.8. The molecule has 0 spiro atoms. The molecule has 0 radical (unpaired) electrons. The van der Waals surface area contributed by atoms with Crippen LogP contribution in [0.15, 0.2) is 16.5 Å². The van der Waals surface area contributed by atoms with Crippen molar-refractivity contribution in [2.45, 2.75) is 84.7 Å². The molecule has 6 nitrogen and oxygen atoms in total. The van der Waals surface area contributed by atoms with E-state index >= 15 is 0 Å². The zero-order valence-electron chi connectivity index (χ0n) is 20.7. The van der Waals surface area contributed by atoms with E-state index in [1.54, 1.807) is 0 Å². The van der Waals surface area contributed by atoms with Gasteiger partial charge in [0.05, 0.1) is 17.2 Å². The van der Waals surface area contributed by atoms with Crippen LogP contribution in [0.1, 0.15) is 76.4 Å². The number of carbonyl (C=O) groups is 1. The van der Waals surface area contributed by atoms with Crippen LogP contribution in [0.4, 0.5) is 0 Å². The van der Waals surface area contributed by atoms with Crippen LogP contribution < -0.4 is 4.74 Å². The normalized spacial score (nSPS) is 23.1. The lowest BCUT2D eigenvalue weighted by Crippen LogP contribution is -2.48. The van der Waals surface area contributed by atoms with E-state index < -0.39 is 0 Å². The number of halogens is 1. The first-order valence-corrected chi connectivity index (χ1v) is 12.6. The summed E-state index contributed by atoms with van der Waals surface area (Å²) in [5.74, 6) is 1.06. The minimum Gasteiger partial charge on any atom is -0.489 e. The number of hydrogen-bond acceptors (Lipinski definition) is 5. The average molecular weight is 477 g/mol. The number of rotatable bonds is 5. The largest absolute Gasteiger partial charge is 0.489 e. The second kappa shape index (κ2) is 9.85. The van der Waals surface area contributed by atoms with Crippen LogP contribution in [0.5, 0.6) is 5.75 Å². The summed E-state index contributed by atoms with van der Waals surface area (Å²) in [5.41, 5.74) is 1.55. The zero-order valence-corrected chi connectivity index (χ0v) is 21.4. The first-order chi connectivity index (χ1) is 15.6. The molecule has 1 aromatic carbocycles. The summed E-state index contributed by atoms with van der Waals surface area (Å²) in [5, 5.41) is 1.44. The summed E-state index contributed by atoms with van der Waals surface area (Å²) in [7, 11) is 0. The van der Waals surface area contributed by atoms with Crippen molar-refractivity contribution in [3.05, 3.63) is 28.5 Å². The lowest BCUT2D eigenvalue weighted by molar-refractivity contribution is -0.0592. The summed E-state index contributed by atoms with van der Waals surface area (Å²) < 4.78 is 18.3. The van der Waals surface area contributed by atoms with Crippen LogP contribution in [-0.4, -0.2) is 66.2 Å². The van der Waals surface area contributed by atoms with Gasteiger partial charge in [0, 0.05) is 49.2 Å². The zero-order chi connectivity index (χ0) is 23.9. The number of nitrogens with zero attached hydrogens (tertiary/aromatic N) is 2. The summed E-state index contributed by atoms with van der Waals surface area (Å²) in [6.07, 6.45) is 2.08. The highest BCUT2D eigenvalue weighted by Gasteiger charge is 2.32. The third kappa shape index (κ3) is 5.18. The molecular weight excluding hydrogens is 440 g/mol. The molecule has 4 rings (SSSR count). The number of hydrogen-bond donors (Lipinski definition) is 0. The molecule has 0 unspecified atom stereocenters. The number of carbonyl (C=O) groups excluding carboxylic acids is 1. The molecule has 182 valence electrons. The van der Waals surface area contributed by atoms with Gasteiger partial charge in [-0.15, -0.1) is 0 Å². The van der Waals surface area contributed by atoms with E-state index in [4.69, 9.17) is 25.5 Å². The van der Waals surface area contributed by atoms with Gasteiger partial charge in [-0.1, -0.05) is 25.4 Å². The number of fused-ring (bicyclic) bond motifs is 1. The molecule has 1 aromatic heterocycles. The standard InChI is InChI=1S/C26H37ClN2O4/c1-15(2)24-20-11-21(27)23(32-19-7-9-28(10-8-19)16(3)4)12-22(20)33-25(24)26(30)29-13-17(5)31-18(6)14-29/h11-12,15-19H,7-10,13-14H2,1-6H3/t17-,18+. The predicted molar refractivity (Wildman–Crippen MR) is 132 cm³/mol. The predicted octanol–water partition coefficient (Wildman–Crippen LogP) is 5.71. The molecule has 1 amide bonds. The number of likely N-dealkylation sites (tertiary alicyclic amines) is 1. The third-order valence-electron chi connectivity index (χ3n) is 6.76. The van der Waals surface area contributed by atoms with Gasteiger partial charge in [0.15, 0.2) is 5.76 Å². The van der Waals surface area contributed by atoms with Crippen LogP contribution in [0.2, 0.25) is 5.02 Å². The van der Waals surface area contributed by atoms with Crippen molar-refractivity contribution in [1.29, 1.82) is 0 Å². The van der Waals surface area contributed by atoms with Gasteiger partial charge in [-0.25, -0.2) is 0 Å². The molecular formula is C26H37ClN2O4. The number of benzene rings is 1. The molecule has 0 aliphatic carbocycles. The maximum Gasteiger partial charge on any atom is 0.290 e. The van der Waals surface area contributed by atoms with Gasteiger partial charge in [0.25, 0.3) is 5.91 Å². The molecule has 2 saturated heterocycles. The smallest absolute Gasteiger partial charge is 0.290 e. The summed E-state index contributed by atoms with van der Waals surface area (Å²) in [6.45, 7) is 15.8. The second-order valence-corrected chi connectivity index (χ2v) is 10.6. The highest BCUT2D eigenvalue weighted by atomic mass is 35.5. The minimum absolute atomic E-state index is 0.00105. The van der Waals surface area contributed by atoms with Crippen molar-refractivity contribution in [2.24, 2.45) is 0 Å². The van der Waals surface area contributed by atoms with Crippen LogP contribution in [0, 0.1) is 0 Å². The topological polar surface area (TPSA) is 55.2 Å². The summed E-state index contributed by atoms with van der Waals surface area (Å²) in [6, 6.07) is 4.31. The van der Waals surface area contributed by atoms with Crippen LogP contribution in [0.25, 0.3) is 11.0 Å². The maximum absolute atomic E-state index is 13.5. The molecule has 3 heterocycles. The minimum atomic E-state index is -0.0865. The molecule has 2 aliphatic rings. The van der Waals surface area contributed by atoms with E-state index in [-0.39, 0.29) is 30.1 Å². The lowest BCUT2D eigenvalue weighted by atomic mass is 9.98. The Morgan fingerprint density at radius 1 is 1.09 bits per heavy atom. The van der Waals surface area contributed by atoms with Crippen LogP contribution >= 0.6 is 11.6 Å². The Bertz CT molecular complexity index is 984. The van der Waals surface area contributed by atoms with Gasteiger partial charge >= 0.3 is 0 Å². The molecule has 33 heavy (non-hydrogen) atoms. The maximum atomic E-state index is 13.5. The molecule has 7 heteroatoms. The van der Waals surface area contributed by atoms with E-state index in [0.717, 1.165) is 36.9 Å². The third-order valence-corrected chi connectivity index (χ3v) is 7.06. The van der Waals surface area contributed by atoms with Gasteiger partial charge in [-0.3, -0.25) is 4.79 Å². The molecule has 2 atom stereocenters. The Kier molecular flexibility index (Phi) is 7.27. The molecule has 2 fully saturated rings. The Labute approximate surface area is 202 Å². The fraction of sp³-hybridized carbons (Fsp3) is 0.654. The molecule has 2 aliphatic heterocycles. The second-order valence-electron chi connectivity index (χ2n) is 10.2. The highest BCUT2D eigenvalue weighted by Crippen LogP contribution is 2.39. The number of amides is 1. The Morgan fingerprint density at radius 2 is 1.73 bits per heavy atom. The number of morpholine rings is 1. The van der Waals surface area contributed by atoms with Crippen molar-refractivity contribution >= 4 is 28.5 Å². The first kappa shape index (κ1) is 24.4.